The average Bonchev–Trinajstić information content (AvgIpc) is 2.81. The zero-order valence-electron chi connectivity index (χ0n) is 12.1. The Morgan fingerprint density at radius 1 is 1.33 bits per heavy atom. The molecule has 0 spiro atoms. The Morgan fingerprint density at radius 3 is 2.62 bits per heavy atom. The zero-order chi connectivity index (χ0) is 15.4. The first kappa shape index (κ1) is 16.2. The molecule has 0 saturated carbocycles. The number of halogens is 2. The van der Waals surface area contributed by atoms with Crippen LogP contribution in [-0.2, 0) is 19.4 Å². The van der Waals surface area contributed by atoms with E-state index in [-0.39, 0.29) is 6.04 Å². The molecule has 0 aliphatic carbocycles. The van der Waals surface area contributed by atoms with Gasteiger partial charge in [-0.05, 0) is 25.5 Å². The largest absolute Gasteiger partial charge is 0.271 e. The Hall–Kier alpha value is -1.14. The summed E-state index contributed by atoms with van der Waals surface area (Å²) in [4.78, 5) is 4.31. The van der Waals surface area contributed by atoms with Gasteiger partial charge in [-0.1, -0.05) is 30.1 Å². The summed E-state index contributed by atoms with van der Waals surface area (Å²) >= 11 is 12.3. The number of aromatic nitrogens is 3. The van der Waals surface area contributed by atoms with Crippen LogP contribution in [0.2, 0.25) is 10.0 Å². The van der Waals surface area contributed by atoms with Crippen molar-refractivity contribution in [1.29, 1.82) is 0 Å². The molecule has 0 fully saturated rings. The normalized spacial score (nSPS) is 12.6. The molecular formula is C14H19Cl2N5. The maximum absolute atomic E-state index is 6.43. The molecule has 1 unspecified atom stereocenters. The average molecular weight is 328 g/mol. The molecule has 0 aliphatic heterocycles. The SMILES string of the molecule is CCc1nn(CC)c(CC(NN)c2ccc(Cl)cn2)c1Cl. The molecule has 2 aromatic heterocycles. The van der Waals surface area contributed by atoms with Gasteiger partial charge in [-0.15, -0.1) is 0 Å². The number of hydrogen-bond donors (Lipinski definition) is 2. The lowest BCUT2D eigenvalue weighted by Gasteiger charge is -2.16. The Balaban J connectivity index is 2.30. The highest BCUT2D eigenvalue weighted by Gasteiger charge is 2.20. The summed E-state index contributed by atoms with van der Waals surface area (Å²) in [6, 6.07) is 3.50. The van der Waals surface area contributed by atoms with E-state index < -0.39 is 0 Å². The van der Waals surface area contributed by atoms with E-state index in [9.17, 15) is 0 Å². The number of hydrazine groups is 1. The molecular weight excluding hydrogens is 309 g/mol. The van der Waals surface area contributed by atoms with E-state index in [1.165, 1.54) is 0 Å². The van der Waals surface area contributed by atoms with Gasteiger partial charge in [0.1, 0.15) is 0 Å². The van der Waals surface area contributed by atoms with Crippen LogP contribution in [-0.4, -0.2) is 14.8 Å². The molecule has 1 atom stereocenters. The summed E-state index contributed by atoms with van der Waals surface area (Å²) in [6.07, 6.45) is 3.03. The Labute approximate surface area is 134 Å². The van der Waals surface area contributed by atoms with Gasteiger partial charge in [-0.25, -0.2) is 0 Å². The second-order valence-corrected chi connectivity index (χ2v) is 5.52. The summed E-state index contributed by atoms with van der Waals surface area (Å²) in [5, 5.41) is 5.83. The van der Waals surface area contributed by atoms with Gasteiger partial charge >= 0.3 is 0 Å². The molecule has 2 rings (SSSR count). The van der Waals surface area contributed by atoms with Crippen molar-refractivity contribution < 1.29 is 0 Å². The van der Waals surface area contributed by atoms with Gasteiger partial charge in [-0.3, -0.25) is 20.9 Å². The van der Waals surface area contributed by atoms with E-state index in [1.807, 2.05) is 24.6 Å². The topological polar surface area (TPSA) is 68.8 Å². The fourth-order valence-electron chi connectivity index (χ4n) is 2.25. The van der Waals surface area contributed by atoms with Crippen LogP contribution in [0.1, 0.15) is 37.0 Å². The highest BCUT2D eigenvalue weighted by Crippen LogP contribution is 2.26. The van der Waals surface area contributed by atoms with Crippen LogP contribution in [0.4, 0.5) is 0 Å². The molecule has 7 heteroatoms. The predicted molar refractivity (Wildman–Crippen MR) is 85.3 cm³/mol. The summed E-state index contributed by atoms with van der Waals surface area (Å²) in [5.41, 5.74) is 5.48. The van der Waals surface area contributed by atoms with Crippen LogP contribution in [0.15, 0.2) is 18.3 Å². The number of pyridine rings is 1. The molecule has 2 heterocycles. The van der Waals surface area contributed by atoms with E-state index in [0.29, 0.717) is 16.5 Å². The van der Waals surface area contributed by atoms with E-state index in [4.69, 9.17) is 29.0 Å². The first-order valence-corrected chi connectivity index (χ1v) is 7.67. The van der Waals surface area contributed by atoms with E-state index in [0.717, 1.165) is 30.0 Å². The van der Waals surface area contributed by atoms with Crippen molar-refractivity contribution >= 4 is 23.2 Å². The van der Waals surface area contributed by atoms with Crippen molar-refractivity contribution in [1.82, 2.24) is 20.2 Å². The molecule has 0 saturated heterocycles. The van der Waals surface area contributed by atoms with Crippen molar-refractivity contribution in [2.45, 2.75) is 39.3 Å². The Kier molecular flexibility index (Phi) is 5.58. The van der Waals surface area contributed by atoms with Gasteiger partial charge in [-0.2, -0.15) is 5.10 Å². The minimum absolute atomic E-state index is 0.147. The third kappa shape index (κ3) is 3.55. The summed E-state index contributed by atoms with van der Waals surface area (Å²) in [7, 11) is 0. The van der Waals surface area contributed by atoms with Crippen molar-refractivity contribution in [3.05, 3.63) is 45.5 Å². The first-order chi connectivity index (χ1) is 10.1. The zero-order valence-corrected chi connectivity index (χ0v) is 13.6. The van der Waals surface area contributed by atoms with Gasteiger partial charge in [0, 0.05) is 19.2 Å². The van der Waals surface area contributed by atoms with Crippen LogP contribution < -0.4 is 11.3 Å². The Bertz CT molecular complexity index is 594. The lowest BCUT2D eigenvalue weighted by Crippen LogP contribution is -2.31. The number of nitrogens with one attached hydrogen (secondary N) is 1. The van der Waals surface area contributed by atoms with Gasteiger partial charge in [0.2, 0.25) is 0 Å². The number of nitrogens with two attached hydrogens (primary N) is 1. The minimum Gasteiger partial charge on any atom is -0.271 e. The number of hydrogen-bond acceptors (Lipinski definition) is 4. The van der Waals surface area contributed by atoms with Crippen LogP contribution >= 0.6 is 23.2 Å². The van der Waals surface area contributed by atoms with Crippen molar-refractivity contribution in [2.75, 3.05) is 0 Å². The fourth-order valence-corrected chi connectivity index (χ4v) is 2.71. The molecule has 0 bridgehead atoms. The monoisotopic (exact) mass is 327 g/mol. The predicted octanol–water partition coefficient (Wildman–Crippen LogP) is 2.91. The second-order valence-electron chi connectivity index (χ2n) is 4.70. The van der Waals surface area contributed by atoms with E-state index in [1.54, 1.807) is 12.3 Å². The van der Waals surface area contributed by atoms with Crippen molar-refractivity contribution in [3.8, 4) is 0 Å². The van der Waals surface area contributed by atoms with Crippen molar-refractivity contribution in [2.24, 2.45) is 5.84 Å². The molecule has 0 radical (unpaired) electrons. The van der Waals surface area contributed by atoms with Gasteiger partial charge in [0.15, 0.2) is 0 Å². The molecule has 2 aromatic rings. The van der Waals surface area contributed by atoms with Crippen LogP contribution in [0.3, 0.4) is 0 Å². The maximum atomic E-state index is 6.43. The first-order valence-electron chi connectivity index (χ1n) is 6.92. The molecule has 0 aromatic carbocycles. The number of rotatable bonds is 6. The Morgan fingerprint density at radius 2 is 2.10 bits per heavy atom. The lowest BCUT2D eigenvalue weighted by atomic mass is 10.1. The maximum Gasteiger partial charge on any atom is 0.0850 e. The molecule has 114 valence electrons. The lowest BCUT2D eigenvalue weighted by molar-refractivity contribution is 0.507. The quantitative estimate of drug-likeness (QED) is 0.632. The van der Waals surface area contributed by atoms with Gasteiger partial charge in [0.25, 0.3) is 0 Å². The van der Waals surface area contributed by atoms with Gasteiger partial charge in [0.05, 0.1) is 33.2 Å². The highest BCUT2D eigenvalue weighted by atomic mass is 35.5. The summed E-state index contributed by atoms with van der Waals surface area (Å²) in [5.74, 6) is 5.68. The summed E-state index contributed by atoms with van der Waals surface area (Å²) in [6.45, 7) is 4.84. The summed E-state index contributed by atoms with van der Waals surface area (Å²) < 4.78 is 1.92. The van der Waals surface area contributed by atoms with Gasteiger partial charge < -0.3 is 0 Å². The molecule has 5 nitrogen and oxygen atoms in total. The number of nitrogens with zero attached hydrogens (tertiary/aromatic N) is 3. The van der Waals surface area contributed by atoms with E-state index in [2.05, 4.69) is 15.5 Å². The minimum atomic E-state index is -0.147. The fraction of sp³-hybridized carbons (Fsp3) is 0.429. The molecule has 21 heavy (non-hydrogen) atoms. The second kappa shape index (κ2) is 7.22. The third-order valence-electron chi connectivity index (χ3n) is 3.40. The smallest absolute Gasteiger partial charge is 0.0850 e. The van der Waals surface area contributed by atoms with E-state index >= 15 is 0 Å². The molecule has 0 aliphatic rings. The molecule has 3 N–H and O–H groups in total. The molecule has 0 amide bonds. The van der Waals surface area contributed by atoms with Crippen LogP contribution in [0.5, 0.6) is 0 Å². The third-order valence-corrected chi connectivity index (χ3v) is 4.06. The van der Waals surface area contributed by atoms with Crippen molar-refractivity contribution in [3.63, 3.8) is 0 Å². The number of aryl methyl sites for hydroxylation is 2. The highest BCUT2D eigenvalue weighted by molar-refractivity contribution is 6.32. The van der Waals surface area contributed by atoms with Crippen LogP contribution in [0.25, 0.3) is 0 Å². The van der Waals surface area contributed by atoms with Crippen LogP contribution in [0, 0.1) is 0 Å². The standard InChI is InChI=1S/C14H19Cl2N5/c1-3-10-14(16)13(21(4-2)20-10)7-12(19-17)11-6-5-9(15)8-18-11/h5-6,8,12,19H,3-4,7,17H2,1-2H3.